The van der Waals surface area contributed by atoms with E-state index in [0.29, 0.717) is 19.4 Å². The molecule has 1 N–H and O–H groups in total. The van der Waals surface area contributed by atoms with Crippen LogP contribution < -0.4 is 10.1 Å². The van der Waals surface area contributed by atoms with Gasteiger partial charge in [-0.15, -0.1) is 0 Å². The number of hydrogen-bond donors (Lipinski definition) is 1. The van der Waals surface area contributed by atoms with Crippen molar-refractivity contribution in [1.29, 1.82) is 0 Å². The van der Waals surface area contributed by atoms with Crippen LogP contribution in [0.3, 0.4) is 0 Å². The van der Waals surface area contributed by atoms with Crippen molar-refractivity contribution in [3.8, 4) is 5.75 Å². The smallest absolute Gasteiger partial charge is 0.243 e. The highest BCUT2D eigenvalue weighted by Gasteiger charge is 2.28. The van der Waals surface area contributed by atoms with E-state index in [4.69, 9.17) is 4.74 Å². The Kier molecular flexibility index (Phi) is 8.30. The molecular formula is C19H30N2O3. The summed E-state index contributed by atoms with van der Waals surface area (Å²) in [6.07, 6.45) is 1.83. The Balaban J connectivity index is 2.95. The third kappa shape index (κ3) is 5.55. The topological polar surface area (TPSA) is 58.6 Å². The van der Waals surface area contributed by atoms with Crippen molar-refractivity contribution in [3.05, 3.63) is 29.8 Å². The molecule has 1 aromatic carbocycles. The minimum absolute atomic E-state index is 0.0167. The van der Waals surface area contributed by atoms with Gasteiger partial charge in [-0.1, -0.05) is 32.9 Å². The molecule has 0 aromatic heterocycles. The molecule has 0 aliphatic heterocycles. The van der Waals surface area contributed by atoms with Crippen molar-refractivity contribution in [1.82, 2.24) is 10.2 Å². The van der Waals surface area contributed by atoms with E-state index in [1.54, 1.807) is 12.0 Å². The molecule has 0 saturated carbocycles. The minimum Gasteiger partial charge on any atom is -0.497 e. The molecular weight excluding hydrogens is 304 g/mol. The standard InChI is InChI=1S/C19H30N2O3/c1-6-14(4)20-19(23)17(7-2)21(18(22)8-3)13-15-9-11-16(24-5)12-10-15/h9-12,14,17H,6-8,13H2,1-5H3,(H,20,23). The lowest BCUT2D eigenvalue weighted by atomic mass is 10.1. The van der Waals surface area contributed by atoms with Gasteiger partial charge in [0.05, 0.1) is 7.11 Å². The summed E-state index contributed by atoms with van der Waals surface area (Å²) < 4.78 is 5.16. The van der Waals surface area contributed by atoms with Crippen LogP contribution in [0.4, 0.5) is 0 Å². The van der Waals surface area contributed by atoms with E-state index in [2.05, 4.69) is 5.32 Å². The van der Waals surface area contributed by atoms with Gasteiger partial charge in [0.15, 0.2) is 0 Å². The first kappa shape index (κ1) is 20.0. The number of rotatable bonds is 9. The lowest BCUT2D eigenvalue weighted by molar-refractivity contribution is -0.141. The molecule has 5 heteroatoms. The maximum atomic E-state index is 12.6. The quantitative estimate of drug-likeness (QED) is 0.755. The summed E-state index contributed by atoms with van der Waals surface area (Å²) in [5, 5.41) is 2.99. The number of ether oxygens (including phenoxy) is 1. The number of amides is 2. The van der Waals surface area contributed by atoms with Crippen LogP contribution in [0.25, 0.3) is 0 Å². The molecule has 24 heavy (non-hydrogen) atoms. The number of hydrogen-bond acceptors (Lipinski definition) is 3. The summed E-state index contributed by atoms with van der Waals surface area (Å²) in [5.74, 6) is 0.674. The number of carbonyl (C=O) groups is 2. The molecule has 0 spiro atoms. The molecule has 0 bridgehead atoms. The van der Waals surface area contributed by atoms with E-state index in [9.17, 15) is 9.59 Å². The normalized spacial score (nSPS) is 13.0. The molecule has 0 radical (unpaired) electrons. The van der Waals surface area contributed by atoms with Gasteiger partial charge in [0, 0.05) is 19.0 Å². The average molecular weight is 334 g/mol. The Morgan fingerprint density at radius 3 is 2.21 bits per heavy atom. The summed E-state index contributed by atoms with van der Waals surface area (Å²) in [6.45, 7) is 8.18. The Labute approximate surface area is 145 Å². The molecule has 1 rings (SSSR count). The maximum Gasteiger partial charge on any atom is 0.243 e. The Morgan fingerprint density at radius 2 is 1.75 bits per heavy atom. The van der Waals surface area contributed by atoms with Gasteiger partial charge < -0.3 is 15.0 Å². The molecule has 2 atom stereocenters. The fourth-order valence-electron chi connectivity index (χ4n) is 2.49. The molecule has 0 saturated heterocycles. The van der Waals surface area contributed by atoms with Crippen molar-refractivity contribution in [2.24, 2.45) is 0 Å². The summed E-state index contributed by atoms with van der Waals surface area (Å²) in [7, 11) is 1.62. The number of benzene rings is 1. The van der Waals surface area contributed by atoms with Crippen molar-refractivity contribution in [2.45, 2.75) is 65.6 Å². The van der Waals surface area contributed by atoms with Gasteiger partial charge in [-0.3, -0.25) is 9.59 Å². The predicted octanol–water partition coefficient (Wildman–Crippen LogP) is 3.13. The Morgan fingerprint density at radius 1 is 1.12 bits per heavy atom. The lowest BCUT2D eigenvalue weighted by Gasteiger charge is -2.31. The first-order chi connectivity index (χ1) is 11.5. The second-order valence-electron chi connectivity index (χ2n) is 5.97. The lowest BCUT2D eigenvalue weighted by Crippen LogP contribution is -2.50. The van der Waals surface area contributed by atoms with Crippen LogP contribution in [0.15, 0.2) is 24.3 Å². The van der Waals surface area contributed by atoms with Crippen LogP contribution in [0.1, 0.15) is 52.5 Å². The Hall–Kier alpha value is -2.04. The van der Waals surface area contributed by atoms with Gasteiger partial charge in [0.2, 0.25) is 11.8 Å². The van der Waals surface area contributed by atoms with Crippen molar-refractivity contribution in [3.63, 3.8) is 0 Å². The van der Waals surface area contributed by atoms with Crippen molar-refractivity contribution >= 4 is 11.8 Å². The van der Waals surface area contributed by atoms with Gasteiger partial charge in [0.25, 0.3) is 0 Å². The Bertz CT molecular complexity index is 528. The SMILES string of the molecule is CCC(=O)N(Cc1ccc(OC)cc1)C(CC)C(=O)NC(C)CC. The highest BCUT2D eigenvalue weighted by Crippen LogP contribution is 2.17. The number of methoxy groups -OCH3 is 1. The molecule has 0 heterocycles. The average Bonchev–Trinajstić information content (AvgIpc) is 2.61. The van der Waals surface area contributed by atoms with Gasteiger partial charge in [-0.2, -0.15) is 0 Å². The molecule has 0 aliphatic rings. The zero-order chi connectivity index (χ0) is 18.1. The number of carbonyl (C=O) groups excluding carboxylic acids is 2. The molecule has 134 valence electrons. The molecule has 0 aliphatic carbocycles. The molecule has 2 unspecified atom stereocenters. The van der Waals surface area contributed by atoms with Gasteiger partial charge in [-0.25, -0.2) is 0 Å². The fraction of sp³-hybridized carbons (Fsp3) is 0.579. The van der Waals surface area contributed by atoms with Crippen molar-refractivity contribution in [2.75, 3.05) is 7.11 Å². The van der Waals surface area contributed by atoms with Crippen LogP contribution in [-0.4, -0.2) is 35.9 Å². The van der Waals surface area contributed by atoms with Crippen LogP contribution in [0.5, 0.6) is 5.75 Å². The van der Waals surface area contributed by atoms with E-state index < -0.39 is 6.04 Å². The van der Waals surface area contributed by atoms with E-state index in [-0.39, 0.29) is 17.9 Å². The van der Waals surface area contributed by atoms with Gasteiger partial charge in [0.1, 0.15) is 11.8 Å². The van der Waals surface area contributed by atoms with E-state index in [0.717, 1.165) is 17.7 Å². The number of nitrogens with one attached hydrogen (secondary N) is 1. The summed E-state index contributed by atoms with van der Waals surface area (Å²) in [4.78, 5) is 26.7. The van der Waals surface area contributed by atoms with Gasteiger partial charge in [-0.05, 0) is 37.5 Å². The minimum atomic E-state index is -0.450. The molecule has 1 aromatic rings. The zero-order valence-corrected chi connectivity index (χ0v) is 15.5. The predicted molar refractivity (Wildman–Crippen MR) is 95.8 cm³/mol. The van der Waals surface area contributed by atoms with Crippen molar-refractivity contribution < 1.29 is 14.3 Å². The third-order valence-electron chi connectivity index (χ3n) is 4.20. The largest absolute Gasteiger partial charge is 0.497 e. The van der Waals surface area contributed by atoms with E-state index in [1.165, 1.54) is 0 Å². The van der Waals surface area contributed by atoms with Crippen LogP contribution in [-0.2, 0) is 16.1 Å². The second-order valence-corrected chi connectivity index (χ2v) is 5.97. The first-order valence-corrected chi connectivity index (χ1v) is 8.69. The third-order valence-corrected chi connectivity index (χ3v) is 4.20. The van der Waals surface area contributed by atoms with Crippen LogP contribution >= 0.6 is 0 Å². The highest BCUT2D eigenvalue weighted by molar-refractivity contribution is 5.87. The summed E-state index contributed by atoms with van der Waals surface area (Å²) in [5.41, 5.74) is 0.979. The van der Waals surface area contributed by atoms with Gasteiger partial charge >= 0.3 is 0 Å². The zero-order valence-electron chi connectivity index (χ0n) is 15.5. The highest BCUT2D eigenvalue weighted by atomic mass is 16.5. The molecule has 2 amide bonds. The monoisotopic (exact) mass is 334 g/mol. The summed E-state index contributed by atoms with van der Waals surface area (Å²) >= 11 is 0. The van der Waals surface area contributed by atoms with E-state index >= 15 is 0 Å². The second kappa shape index (κ2) is 9.96. The molecule has 0 fully saturated rings. The molecule has 5 nitrogen and oxygen atoms in total. The van der Waals surface area contributed by atoms with Crippen LogP contribution in [0, 0.1) is 0 Å². The fourth-order valence-corrected chi connectivity index (χ4v) is 2.49. The first-order valence-electron chi connectivity index (χ1n) is 8.69. The van der Waals surface area contributed by atoms with Crippen LogP contribution in [0.2, 0.25) is 0 Å². The maximum absolute atomic E-state index is 12.6. The number of nitrogens with zero attached hydrogens (tertiary/aromatic N) is 1. The van der Waals surface area contributed by atoms with E-state index in [1.807, 2.05) is 52.0 Å². The summed E-state index contributed by atoms with van der Waals surface area (Å²) in [6, 6.07) is 7.23.